The summed E-state index contributed by atoms with van der Waals surface area (Å²) in [6, 6.07) is 2.18. The second-order valence-corrected chi connectivity index (χ2v) is 7.17. The molecule has 6 nitrogen and oxygen atoms in total. The van der Waals surface area contributed by atoms with E-state index in [0.717, 1.165) is 12.1 Å². The molecule has 1 rings (SSSR count). The molecule has 0 spiro atoms. The fourth-order valence-electron chi connectivity index (χ4n) is 1.30. The Morgan fingerprint density at radius 3 is 2.33 bits per heavy atom. The first-order chi connectivity index (χ1) is 9.75. The fraction of sp³-hybridized carbons (Fsp3) is 0.364. The van der Waals surface area contributed by atoms with Crippen LogP contribution >= 0.6 is 33.9 Å². The Kier molecular flexibility index (Phi) is 7.02. The number of rotatable bonds is 7. The normalized spacial score (nSPS) is 11.2. The molecular weight excluding hydrogens is 365 g/mol. The van der Waals surface area contributed by atoms with E-state index in [1.54, 1.807) is 0 Å². The molecule has 0 aliphatic carbocycles. The molecule has 0 unspecified atom stereocenters. The minimum absolute atomic E-state index is 0.00397. The number of carbonyl (C=O) groups is 1. The van der Waals surface area contributed by atoms with Crippen molar-refractivity contribution < 1.29 is 22.7 Å². The summed E-state index contributed by atoms with van der Waals surface area (Å²) in [4.78, 5) is 11.2. The van der Waals surface area contributed by atoms with Gasteiger partial charge in [0.05, 0.1) is 21.5 Å². The third-order valence-corrected chi connectivity index (χ3v) is 4.12. The van der Waals surface area contributed by atoms with Crippen LogP contribution in [0.1, 0.15) is 0 Å². The maximum atomic E-state index is 11.4. The molecule has 1 aromatic rings. The van der Waals surface area contributed by atoms with Crippen molar-refractivity contribution in [1.82, 2.24) is 5.32 Å². The van der Waals surface area contributed by atoms with Crippen molar-refractivity contribution >= 4 is 48.8 Å². The van der Waals surface area contributed by atoms with Gasteiger partial charge in [-0.15, -0.1) is 0 Å². The van der Waals surface area contributed by atoms with Gasteiger partial charge in [0.2, 0.25) is 0 Å². The highest BCUT2D eigenvalue weighted by Crippen LogP contribution is 2.36. The van der Waals surface area contributed by atoms with E-state index in [1.165, 1.54) is 7.11 Å². The fourth-order valence-corrected chi connectivity index (χ4v) is 2.81. The highest BCUT2D eigenvalue weighted by molar-refractivity contribution is 8.13. The lowest BCUT2D eigenvalue weighted by Crippen LogP contribution is -2.31. The molecule has 0 fully saturated rings. The van der Waals surface area contributed by atoms with Crippen LogP contribution in [0.25, 0.3) is 0 Å². The Balaban J connectivity index is 2.75. The van der Waals surface area contributed by atoms with Gasteiger partial charge in [-0.1, -0.05) is 23.2 Å². The Morgan fingerprint density at radius 2 is 1.86 bits per heavy atom. The summed E-state index contributed by atoms with van der Waals surface area (Å²) >= 11 is 11.7. The van der Waals surface area contributed by atoms with Gasteiger partial charge < -0.3 is 14.8 Å². The van der Waals surface area contributed by atoms with E-state index in [9.17, 15) is 13.2 Å². The Labute approximate surface area is 136 Å². The summed E-state index contributed by atoms with van der Waals surface area (Å²) in [5.74, 6) is -0.391. The van der Waals surface area contributed by atoms with E-state index in [1.807, 2.05) is 0 Å². The van der Waals surface area contributed by atoms with E-state index < -0.39 is 15.0 Å². The lowest BCUT2D eigenvalue weighted by atomic mass is 10.3. The quantitative estimate of drug-likeness (QED) is 0.582. The van der Waals surface area contributed by atoms with E-state index >= 15 is 0 Å². The molecule has 0 aliphatic heterocycles. The van der Waals surface area contributed by atoms with Gasteiger partial charge in [-0.2, -0.15) is 0 Å². The lowest BCUT2D eigenvalue weighted by Gasteiger charge is -2.11. The van der Waals surface area contributed by atoms with Gasteiger partial charge in [0, 0.05) is 24.3 Å². The van der Waals surface area contributed by atoms with Crippen molar-refractivity contribution in [3.8, 4) is 5.75 Å². The molecule has 1 amide bonds. The smallest absolute Gasteiger partial charge is 0.261 e. The summed E-state index contributed by atoms with van der Waals surface area (Å²) in [5, 5.41) is 2.41. The van der Waals surface area contributed by atoms with Crippen molar-refractivity contribution in [3.63, 3.8) is 0 Å². The monoisotopic (exact) mass is 375 g/mol. The Morgan fingerprint density at radius 1 is 1.29 bits per heavy atom. The first-order valence-electron chi connectivity index (χ1n) is 5.58. The van der Waals surface area contributed by atoms with Crippen LogP contribution in [0.5, 0.6) is 5.75 Å². The van der Waals surface area contributed by atoms with Crippen LogP contribution in [-0.4, -0.2) is 41.2 Å². The maximum Gasteiger partial charge on any atom is 0.261 e. The summed E-state index contributed by atoms with van der Waals surface area (Å²) in [6.07, 6.45) is 0. The lowest BCUT2D eigenvalue weighted by molar-refractivity contribution is -0.123. The predicted octanol–water partition coefficient (Wildman–Crippen LogP) is 2.06. The third-order valence-electron chi connectivity index (χ3n) is 2.23. The van der Waals surface area contributed by atoms with Crippen molar-refractivity contribution in [2.24, 2.45) is 0 Å². The van der Waals surface area contributed by atoms with Gasteiger partial charge >= 0.3 is 0 Å². The van der Waals surface area contributed by atoms with Crippen LogP contribution < -0.4 is 10.1 Å². The number of benzene rings is 1. The molecule has 10 heteroatoms. The molecule has 118 valence electrons. The highest BCUT2D eigenvalue weighted by atomic mass is 35.7. The number of amides is 1. The molecule has 1 aromatic carbocycles. The van der Waals surface area contributed by atoms with Crippen molar-refractivity contribution in [2.45, 2.75) is 4.90 Å². The predicted molar refractivity (Wildman–Crippen MR) is 79.9 cm³/mol. The van der Waals surface area contributed by atoms with Crippen LogP contribution in [0.4, 0.5) is 0 Å². The SMILES string of the molecule is COCCNC(=O)COc1c(Cl)cc(S(=O)(=O)Cl)cc1Cl. The third kappa shape index (κ3) is 5.88. The van der Waals surface area contributed by atoms with Crippen LogP contribution in [0.3, 0.4) is 0 Å². The molecule has 0 radical (unpaired) electrons. The molecule has 1 N–H and O–H groups in total. The first-order valence-corrected chi connectivity index (χ1v) is 8.64. The number of nitrogens with one attached hydrogen (secondary N) is 1. The summed E-state index contributed by atoms with van der Waals surface area (Å²) < 4.78 is 32.3. The van der Waals surface area contributed by atoms with Gasteiger partial charge in [0.15, 0.2) is 12.4 Å². The average Bonchev–Trinajstić information content (AvgIpc) is 2.36. The molecule has 0 bridgehead atoms. The first kappa shape index (κ1) is 18.3. The number of carbonyl (C=O) groups excluding carboxylic acids is 1. The van der Waals surface area contributed by atoms with Gasteiger partial charge in [0.25, 0.3) is 15.0 Å². The molecule has 0 aliphatic rings. The molecule has 0 heterocycles. The van der Waals surface area contributed by atoms with Crippen LogP contribution in [-0.2, 0) is 18.6 Å². The van der Waals surface area contributed by atoms with Crippen molar-refractivity contribution in [2.75, 3.05) is 26.9 Å². The zero-order valence-corrected chi connectivity index (χ0v) is 13.9. The Bertz CT molecular complexity index is 597. The van der Waals surface area contributed by atoms with Crippen molar-refractivity contribution in [1.29, 1.82) is 0 Å². The molecule has 0 aromatic heterocycles. The standard InChI is InChI=1S/C11H12Cl3NO5S/c1-19-3-2-15-10(16)6-20-11-8(12)4-7(5-9(11)13)21(14,17)18/h4-5H,2-3,6H2,1H3,(H,15,16). The molecule has 0 saturated carbocycles. The number of methoxy groups -OCH3 is 1. The zero-order valence-electron chi connectivity index (χ0n) is 10.9. The average molecular weight is 377 g/mol. The van der Waals surface area contributed by atoms with E-state index in [2.05, 4.69) is 5.32 Å². The summed E-state index contributed by atoms with van der Waals surface area (Å²) in [6.45, 7) is 0.384. The number of halogens is 3. The molecule has 0 atom stereocenters. The van der Waals surface area contributed by atoms with Crippen molar-refractivity contribution in [3.05, 3.63) is 22.2 Å². The van der Waals surface area contributed by atoms with E-state index in [4.69, 9.17) is 43.4 Å². The largest absolute Gasteiger partial charge is 0.481 e. The van der Waals surface area contributed by atoms with Crippen LogP contribution in [0.15, 0.2) is 17.0 Å². The zero-order chi connectivity index (χ0) is 16.0. The molecular formula is C11H12Cl3NO5S. The summed E-state index contributed by atoms with van der Waals surface area (Å²) in [7, 11) is 2.74. The van der Waals surface area contributed by atoms with Gasteiger partial charge in [0.1, 0.15) is 0 Å². The minimum atomic E-state index is -3.96. The number of hydrogen-bond donors (Lipinski definition) is 1. The minimum Gasteiger partial charge on any atom is -0.481 e. The van der Waals surface area contributed by atoms with Crippen LogP contribution in [0, 0.1) is 0 Å². The number of ether oxygens (including phenoxy) is 2. The van der Waals surface area contributed by atoms with E-state index in [-0.39, 0.29) is 27.3 Å². The number of hydrogen-bond acceptors (Lipinski definition) is 5. The van der Waals surface area contributed by atoms with Gasteiger partial charge in [-0.05, 0) is 12.1 Å². The topological polar surface area (TPSA) is 81.7 Å². The van der Waals surface area contributed by atoms with Gasteiger partial charge in [-0.25, -0.2) is 8.42 Å². The van der Waals surface area contributed by atoms with Crippen LogP contribution in [0.2, 0.25) is 10.0 Å². The second-order valence-electron chi connectivity index (χ2n) is 3.79. The van der Waals surface area contributed by atoms with E-state index in [0.29, 0.717) is 13.2 Å². The summed E-state index contributed by atoms with van der Waals surface area (Å²) in [5.41, 5.74) is 0. The Hall–Kier alpha value is -0.730. The van der Waals surface area contributed by atoms with Gasteiger partial charge in [-0.3, -0.25) is 4.79 Å². The molecule has 21 heavy (non-hydrogen) atoms. The molecule has 0 saturated heterocycles. The maximum absolute atomic E-state index is 11.4. The second kappa shape index (κ2) is 8.05. The highest BCUT2D eigenvalue weighted by Gasteiger charge is 2.17.